The summed E-state index contributed by atoms with van der Waals surface area (Å²) in [6.07, 6.45) is 3.27. The van der Waals surface area contributed by atoms with Gasteiger partial charge in [0.05, 0.1) is 25.7 Å². The second kappa shape index (κ2) is 4.19. The number of ether oxygens (including phenoxy) is 1. The fourth-order valence-corrected chi connectivity index (χ4v) is 1.55. The molecule has 1 aromatic heterocycles. The summed E-state index contributed by atoms with van der Waals surface area (Å²) in [5.74, 6) is 0.797. The lowest BCUT2D eigenvalue weighted by Crippen LogP contribution is -2.12. The van der Waals surface area contributed by atoms with Crippen molar-refractivity contribution < 1.29 is 9.15 Å². The number of benzene rings is 1. The number of para-hydroxylation sites is 1. The monoisotopic (exact) mass is 203 g/mol. The molecule has 2 aromatic rings. The molecular formula is C12H13NO2. The molecule has 2 rings (SSSR count). The number of rotatable bonds is 3. The van der Waals surface area contributed by atoms with E-state index in [9.17, 15) is 0 Å². The summed E-state index contributed by atoms with van der Waals surface area (Å²) in [5.41, 5.74) is 8.00. The Kier molecular flexibility index (Phi) is 2.74. The Morgan fingerprint density at radius 3 is 2.73 bits per heavy atom. The summed E-state index contributed by atoms with van der Waals surface area (Å²) in [6, 6.07) is 9.37. The van der Waals surface area contributed by atoms with Gasteiger partial charge in [-0.25, -0.2) is 0 Å². The third-order valence-corrected chi connectivity index (χ3v) is 2.38. The van der Waals surface area contributed by atoms with E-state index in [1.807, 2.05) is 30.3 Å². The molecule has 0 aliphatic rings. The van der Waals surface area contributed by atoms with Crippen molar-refractivity contribution in [3.63, 3.8) is 0 Å². The van der Waals surface area contributed by atoms with E-state index >= 15 is 0 Å². The fourth-order valence-electron chi connectivity index (χ4n) is 1.55. The number of nitrogens with two attached hydrogens (primary N) is 1. The molecule has 1 aromatic carbocycles. The molecule has 1 unspecified atom stereocenters. The molecule has 0 spiro atoms. The van der Waals surface area contributed by atoms with Crippen LogP contribution in [-0.2, 0) is 0 Å². The van der Waals surface area contributed by atoms with Gasteiger partial charge in [-0.15, -0.1) is 0 Å². The number of hydrogen-bond donors (Lipinski definition) is 1. The van der Waals surface area contributed by atoms with Gasteiger partial charge in [-0.1, -0.05) is 18.2 Å². The molecule has 2 N–H and O–H groups in total. The zero-order valence-electron chi connectivity index (χ0n) is 8.51. The van der Waals surface area contributed by atoms with E-state index < -0.39 is 0 Å². The quantitative estimate of drug-likeness (QED) is 0.832. The first kappa shape index (κ1) is 9.80. The highest BCUT2D eigenvalue weighted by Crippen LogP contribution is 2.27. The first-order valence-corrected chi connectivity index (χ1v) is 4.73. The Balaban J connectivity index is 2.37. The Labute approximate surface area is 88.5 Å². The first-order chi connectivity index (χ1) is 7.33. The molecule has 1 heterocycles. The first-order valence-electron chi connectivity index (χ1n) is 4.73. The Morgan fingerprint density at radius 1 is 1.27 bits per heavy atom. The Hall–Kier alpha value is -1.74. The number of furan rings is 1. The maximum atomic E-state index is 6.10. The molecule has 0 saturated heterocycles. The topological polar surface area (TPSA) is 48.4 Å². The van der Waals surface area contributed by atoms with Gasteiger partial charge in [-0.05, 0) is 12.1 Å². The average Bonchev–Trinajstić information content (AvgIpc) is 2.81. The van der Waals surface area contributed by atoms with E-state index in [0.717, 1.165) is 16.9 Å². The lowest BCUT2D eigenvalue weighted by atomic mass is 10.0. The van der Waals surface area contributed by atoms with Crippen LogP contribution in [0, 0.1) is 0 Å². The minimum Gasteiger partial charge on any atom is -0.496 e. The average molecular weight is 203 g/mol. The third-order valence-electron chi connectivity index (χ3n) is 2.38. The molecule has 0 bridgehead atoms. The van der Waals surface area contributed by atoms with Crippen LogP contribution < -0.4 is 10.5 Å². The van der Waals surface area contributed by atoms with Gasteiger partial charge < -0.3 is 14.9 Å². The molecule has 0 radical (unpaired) electrons. The van der Waals surface area contributed by atoms with Gasteiger partial charge in [-0.3, -0.25) is 0 Å². The summed E-state index contributed by atoms with van der Waals surface area (Å²) in [4.78, 5) is 0. The smallest absolute Gasteiger partial charge is 0.123 e. The highest BCUT2D eigenvalue weighted by atomic mass is 16.5. The highest BCUT2D eigenvalue weighted by molar-refractivity contribution is 5.40. The van der Waals surface area contributed by atoms with Crippen molar-refractivity contribution in [1.82, 2.24) is 0 Å². The number of methoxy groups -OCH3 is 1. The largest absolute Gasteiger partial charge is 0.496 e. The summed E-state index contributed by atoms with van der Waals surface area (Å²) in [5, 5.41) is 0. The SMILES string of the molecule is COc1ccccc1C(N)c1ccoc1. The van der Waals surface area contributed by atoms with E-state index in [2.05, 4.69) is 0 Å². The minimum atomic E-state index is -0.208. The van der Waals surface area contributed by atoms with Crippen LogP contribution in [-0.4, -0.2) is 7.11 Å². The summed E-state index contributed by atoms with van der Waals surface area (Å²) in [7, 11) is 1.64. The molecule has 0 fully saturated rings. The van der Waals surface area contributed by atoms with Gasteiger partial charge in [0.25, 0.3) is 0 Å². The Bertz CT molecular complexity index is 423. The molecule has 0 aliphatic heterocycles. The van der Waals surface area contributed by atoms with Crippen molar-refractivity contribution in [3.05, 3.63) is 54.0 Å². The molecule has 0 amide bonds. The van der Waals surface area contributed by atoms with Gasteiger partial charge in [0.2, 0.25) is 0 Å². The maximum Gasteiger partial charge on any atom is 0.123 e. The zero-order chi connectivity index (χ0) is 10.7. The number of hydrogen-bond acceptors (Lipinski definition) is 3. The van der Waals surface area contributed by atoms with E-state index in [0.29, 0.717) is 0 Å². The molecule has 15 heavy (non-hydrogen) atoms. The van der Waals surface area contributed by atoms with Crippen molar-refractivity contribution in [1.29, 1.82) is 0 Å². The third kappa shape index (κ3) is 1.87. The lowest BCUT2D eigenvalue weighted by Gasteiger charge is -2.13. The van der Waals surface area contributed by atoms with Crippen LogP contribution in [0.15, 0.2) is 47.3 Å². The van der Waals surface area contributed by atoms with Crippen molar-refractivity contribution >= 4 is 0 Å². The Morgan fingerprint density at radius 2 is 2.07 bits per heavy atom. The van der Waals surface area contributed by atoms with E-state index in [1.54, 1.807) is 19.6 Å². The normalized spacial score (nSPS) is 12.4. The molecule has 3 heteroatoms. The van der Waals surface area contributed by atoms with Crippen LogP contribution >= 0.6 is 0 Å². The van der Waals surface area contributed by atoms with Crippen LogP contribution in [0.1, 0.15) is 17.2 Å². The van der Waals surface area contributed by atoms with Gasteiger partial charge >= 0.3 is 0 Å². The highest BCUT2D eigenvalue weighted by Gasteiger charge is 2.13. The molecular weight excluding hydrogens is 190 g/mol. The van der Waals surface area contributed by atoms with E-state index in [-0.39, 0.29) is 6.04 Å². The molecule has 0 saturated carbocycles. The lowest BCUT2D eigenvalue weighted by molar-refractivity contribution is 0.407. The van der Waals surface area contributed by atoms with Crippen molar-refractivity contribution in [3.8, 4) is 5.75 Å². The van der Waals surface area contributed by atoms with Crippen LogP contribution in [0.5, 0.6) is 5.75 Å². The van der Waals surface area contributed by atoms with Crippen molar-refractivity contribution in [2.75, 3.05) is 7.11 Å². The van der Waals surface area contributed by atoms with E-state index in [4.69, 9.17) is 14.9 Å². The van der Waals surface area contributed by atoms with E-state index in [1.165, 1.54) is 0 Å². The van der Waals surface area contributed by atoms with Crippen LogP contribution in [0.25, 0.3) is 0 Å². The van der Waals surface area contributed by atoms with Gasteiger partial charge in [0.1, 0.15) is 5.75 Å². The molecule has 3 nitrogen and oxygen atoms in total. The second-order valence-corrected chi connectivity index (χ2v) is 3.28. The summed E-state index contributed by atoms with van der Waals surface area (Å²) in [6.45, 7) is 0. The summed E-state index contributed by atoms with van der Waals surface area (Å²) < 4.78 is 10.3. The zero-order valence-corrected chi connectivity index (χ0v) is 8.51. The van der Waals surface area contributed by atoms with Gasteiger partial charge in [-0.2, -0.15) is 0 Å². The summed E-state index contributed by atoms with van der Waals surface area (Å²) >= 11 is 0. The molecule has 0 aliphatic carbocycles. The molecule has 1 atom stereocenters. The van der Waals surface area contributed by atoms with Crippen molar-refractivity contribution in [2.45, 2.75) is 6.04 Å². The standard InChI is InChI=1S/C12H13NO2/c1-14-11-5-3-2-4-10(11)12(13)9-6-7-15-8-9/h2-8,12H,13H2,1H3. The fraction of sp³-hybridized carbons (Fsp3) is 0.167. The van der Waals surface area contributed by atoms with Crippen LogP contribution in [0.3, 0.4) is 0 Å². The molecule has 78 valence electrons. The van der Waals surface area contributed by atoms with Crippen LogP contribution in [0.4, 0.5) is 0 Å². The van der Waals surface area contributed by atoms with Gasteiger partial charge in [0.15, 0.2) is 0 Å². The second-order valence-electron chi connectivity index (χ2n) is 3.28. The minimum absolute atomic E-state index is 0.208. The van der Waals surface area contributed by atoms with Crippen LogP contribution in [0.2, 0.25) is 0 Å². The van der Waals surface area contributed by atoms with Crippen molar-refractivity contribution in [2.24, 2.45) is 5.73 Å². The predicted molar refractivity (Wildman–Crippen MR) is 57.7 cm³/mol. The predicted octanol–water partition coefficient (Wildman–Crippen LogP) is 2.34. The maximum absolute atomic E-state index is 6.10. The van der Waals surface area contributed by atoms with Gasteiger partial charge in [0, 0.05) is 11.1 Å².